The van der Waals surface area contributed by atoms with Crippen LogP contribution in [0.3, 0.4) is 0 Å². The highest BCUT2D eigenvalue weighted by Gasteiger charge is 2.04. The van der Waals surface area contributed by atoms with Crippen LogP contribution in [-0.2, 0) is 0 Å². The molecular weight excluding hydrogens is 269 g/mol. The number of nitrogens with one attached hydrogen (secondary N) is 1. The lowest BCUT2D eigenvalue weighted by molar-refractivity contribution is 0.284. The van der Waals surface area contributed by atoms with Crippen molar-refractivity contribution in [2.75, 3.05) is 25.1 Å². The fraction of sp³-hybridized carbons (Fsp3) is 0.294. The third-order valence-corrected chi connectivity index (χ3v) is 2.95. The van der Waals surface area contributed by atoms with Crippen molar-refractivity contribution in [3.8, 4) is 11.5 Å². The second-order valence-corrected chi connectivity index (χ2v) is 4.64. The molecule has 0 aliphatic carbocycles. The van der Waals surface area contributed by atoms with E-state index < -0.39 is 0 Å². The molecule has 0 unspecified atom stereocenters. The van der Waals surface area contributed by atoms with Crippen molar-refractivity contribution in [1.82, 2.24) is 0 Å². The largest absolute Gasteiger partial charge is 0.490 e. The molecule has 3 nitrogen and oxygen atoms in total. The zero-order valence-corrected chi connectivity index (χ0v) is 12.4. The van der Waals surface area contributed by atoms with Gasteiger partial charge in [0.2, 0.25) is 0 Å². The standard InChI is InChI=1S/C17H20FNO2/c1-3-20-16-6-4-5-7-17(16)21-11-10-19-15-12-13(2)8-9-14(15)18/h4-9,12,19H,3,10-11H2,1-2H3. The van der Waals surface area contributed by atoms with Crippen LogP contribution in [-0.4, -0.2) is 19.8 Å². The predicted octanol–water partition coefficient (Wildman–Crippen LogP) is 4.02. The van der Waals surface area contributed by atoms with Gasteiger partial charge in [0, 0.05) is 6.54 Å². The number of hydrogen-bond donors (Lipinski definition) is 1. The van der Waals surface area contributed by atoms with Gasteiger partial charge in [-0.25, -0.2) is 4.39 Å². The molecule has 1 N–H and O–H groups in total. The monoisotopic (exact) mass is 289 g/mol. The highest BCUT2D eigenvalue weighted by atomic mass is 19.1. The van der Waals surface area contributed by atoms with Crippen LogP contribution < -0.4 is 14.8 Å². The van der Waals surface area contributed by atoms with E-state index in [0.29, 0.717) is 31.2 Å². The maximum Gasteiger partial charge on any atom is 0.161 e. The van der Waals surface area contributed by atoms with Crippen LogP contribution in [0.5, 0.6) is 11.5 Å². The first-order chi connectivity index (χ1) is 10.2. The van der Waals surface area contributed by atoms with Gasteiger partial charge >= 0.3 is 0 Å². The van der Waals surface area contributed by atoms with Gasteiger partial charge in [-0.2, -0.15) is 0 Å². The molecule has 0 bridgehead atoms. The molecule has 0 aromatic heterocycles. The predicted molar refractivity (Wildman–Crippen MR) is 82.7 cm³/mol. The highest BCUT2D eigenvalue weighted by Crippen LogP contribution is 2.26. The first-order valence-corrected chi connectivity index (χ1v) is 7.05. The van der Waals surface area contributed by atoms with E-state index in [2.05, 4.69) is 5.32 Å². The minimum Gasteiger partial charge on any atom is -0.490 e. The summed E-state index contributed by atoms with van der Waals surface area (Å²) in [7, 11) is 0. The van der Waals surface area contributed by atoms with E-state index in [0.717, 1.165) is 11.3 Å². The van der Waals surface area contributed by atoms with Crippen LogP contribution in [0.15, 0.2) is 42.5 Å². The molecule has 0 saturated heterocycles. The number of rotatable bonds is 7. The Kier molecular flexibility index (Phi) is 5.43. The number of ether oxygens (including phenoxy) is 2. The number of benzene rings is 2. The summed E-state index contributed by atoms with van der Waals surface area (Å²) in [6, 6.07) is 12.5. The van der Waals surface area contributed by atoms with Crippen molar-refractivity contribution >= 4 is 5.69 Å². The fourth-order valence-electron chi connectivity index (χ4n) is 1.97. The van der Waals surface area contributed by atoms with E-state index in [1.165, 1.54) is 6.07 Å². The van der Waals surface area contributed by atoms with Gasteiger partial charge < -0.3 is 14.8 Å². The lowest BCUT2D eigenvalue weighted by Crippen LogP contribution is -2.13. The van der Waals surface area contributed by atoms with Crippen LogP contribution in [0.1, 0.15) is 12.5 Å². The molecule has 0 heterocycles. The van der Waals surface area contributed by atoms with E-state index in [4.69, 9.17) is 9.47 Å². The van der Waals surface area contributed by atoms with Crippen LogP contribution in [0, 0.1) is 12.7 Å². The first-order valence-electron chi connectivity index (χ1n) is 7.05. The van der Waals surface area contributed by atoms with Gasteiger partial charge in [0.25, 0.3) is 0 Å². The van der Waals surface area contributed by atoms with Gasteiger partial charge in [0.05, 0.1) is 12.3 Å². The number of halogens is 1. The number of anilines is 1. The average molecular weight is 289 g/mol. The maximum atomic E-state index is 13.6. The van der Waals surface area contributed by atoms with Crippen LogP contribution in [0.25, 0.3) is 0 Å². The molecule has 0 radical (unpaired) electrons. The van der Waals surface area contributed by atoms with Crippen molar-refractivity contribution in [3.05, 3.63) is 53.8 Å². The Labute approximate surface area is 124 Å². The molecule has 0 atom stereocenters. The minimum absolute atomic E-state index is 0.254. The maximum absolute atomic E-state index is 13.6. The Morgan fingerprint density at radius 2 is 1.76 bits per heavy atom. The van der Waals surface area contributed by atoms with Gasteiger partial charge in [-0.15, -0.1) is 0 Å². The van der Waals surface area contributed by atoms with Crippen molar-refractivity contribution in [2.24, 2.45) is 0 Å². The quantitative estimate of drug-likeness (QED) is 0.781. The third-order valence-electron chi connectivity index (χ3n) is 2.95. The molecule has 2 aromatic rings. The van der Waals surface area contributed by atoms with Gasteiger partial charge in [0.1, 0.15) is 12.4 Å². The summed E-state index contributed by atoms with van der Waals surface area (Å²) in [5.74, 6) is 1.17. The smallest absolute Gasteiger partial charge is 0.161 e. The Balaban J connectivity index is 1.86. The minimum atomic E-state index is -0.254. The zero-order valence-electron chi connectivity index (χ0n) is 12.4. The van der Waals surface area contributed by atoms with Crippen LogP contribution >= 0.6 is 0 Å². The molecular formula is C17H20FNO2. The Hall–Kier alpha value is -2.23. The topological polar surface area (TPSA) is 30.5 Å². The second-order valence-electron chi connectivity index (χ2n) is 4.64. The summed E-state index contributed by atoms with van der Waals surface area (Å²) in [6.07, 6.45) is 0. The summed E-state index contributed by atoms with van der Waals surface area (Å²) < 4.78 is 24.7. The lowest BCUT2D eigenvalue weighted by atomic mass is 10.2. The third kappa shape index (κ3) is 4.38. The Morgan fingerprint density at radius 1 is 1.05 bits per heavy atom. The normalized spacial score (nSPS) is 10.2. The van der Waals surface area contributed by atoms with Gasteiger partial charge in [-0.05, 0) is 43.7 Å². The summed E-state index contributed by atoms with van der Waals surface area (Å²) in [5.41, 5.74) is 1.51. The van der Waals surface area contributed by atoms with Crippen LogP contribution in [0.2, 0.25) is 0 Å². The molecule has 0 amide bonds. The van der Waals surface area contributed by atoms with Gasteiger partial charge in [-0.3, -0.25) is 0 Å². The molecule has 0 saturated carbocycles. The summed E-state index contributed by atoms with van der Waals surface area (Å²) >= 11 is 0. The molecule has 0 spiro atoms. The van der Waals surface area contributed by atoms with E-state index in [9.17, 15) is 4.39 Å². The van der Waals surface area contributed by atoms with Crippen molar-refractivity contribution in [2.45, 2.75) is 13.8 Å². The van der Waals surface area contributed by atoms with E-state index >= 15 is 0 Å². The molecule has 21 heavy (non-hydrogen) atoms. The molecule has 0 aliphatic rings. The molecule has 4 heteroatoms. The van der Waals surface area contributed by atoms with Crippen molar-refractivity contribution in [3.63, 3.8) is 0 Å². The van der Waals surface area contributed by atoms with Crippen molar-refractivity contribution in [1.29, 1.82) is 0 Å². The summed E-state index contributed by atoms with van der Waals surface area (Å²) in [5, 5.41) is 3.03. The number of hydrogen-bond acceptors (Lipinski definition) is 3. The first kappa shape index (κ1) is 15.2. The molecule has 0 aliphatic heterocycles. The summed E-state index contributed by atoms with van der Waals surface area (Å²) in [4.78, 5) is 0. The van der Waals surface area contributed by atoms with E-state index in [-0.39, 0.29) is 5.82 Å². The SMILES string of the molecule is CCOc1ccccc1OCCNc1cc(C)ccc1F. The Morgan fingerprint density at radius 3 is 2.48 bits per heavy atom. The molecule has 0 fully saturated rings. The van der Waals surface area contributed by atoms with Crippen LogP contribution in [0.4, 0.5) is 10.1 Å². The molecule has 112 valence electrons. The summed E-state index contributed by atoms with van der Waals surface area (Å²) in [6.45, 7) is 5.39. The van der Waals surface area contributed by atoms with Crippen molar-refractivity contribution < 1.29 is 13.9 Å². The van der Waals surface area contributed by atoms with E-state index in [1.54, 1.807) is 12.1 Å². The lowest BCUT2D eigenvalue weighted by Gasteiger charge is -2.13. The van der Waals surface area contributed by atoms with Gasteiger partial charge in [0.15, 0.2) is 11.5 Å². The molecule has 2 rings (SSSR count). The second kappa shape index (κ2) is 7.53. The Bertz CT molecular complexity index is 587. The fourth-order valence-corrected chi connectivity index (χ4v) is 1.97. The average Bonchev–Trinajstić information content (AvgIpc) is 2.49. The highest BCUT2D eigenvalue weighted by molar-refractivity contribution is 5.47. The zero-order chi connectivity index (χ0) is 15.1. The van der Waals surface area contributed by atoms with Gasteiger partial charge in [-0.1, -0.05) is 18.2 Å². The van der Waals surface area contributed by atoms with E-state index in [1.807, 2.05) is 38.1 Å². The number of para-hydroxylation sites is 2. The number of aryl methyl sites for hydroxylation is 1. The molecule has 2 aromatic carbocycles.